The Morgan fingerprint density at radius 3 is 2.30 bits per heavy atom. The van der Waals surface area contributed by atoms with E-state index in [1.54, 1.807) is 12.1 Å². The van der Waals surface area contributed by atoms with Gasteiger partial charge in [0.2, 0.25) is 0 Å². The number of hydrogen-bond acceptors (Lipinski definition) is 7. The van der Waals surface area contributed by atoms with E-state index in [-0.39, 0.29) is 5.82 Å². The highest BCUT2D eigenvalue weighted by molar-refractivity contribution is 7.99. The number of sulfonamides is 1. The average molecular weight is 604 g/mol. The zero-order valence-electron chi connectivity index (χ0n) is 22.1. The van der Waals surface area contributed by atoms with E-state index in [0.29, 0.717) is 69.6 Å². The largest absolute Gasteiger partial charge is 0.377 e. The monoisotopic (exact) mass is 603 g/mol. The van der Waals surface area contributed by atoms with E-state index in [1.165, 1.54) is 31.0 Å². The fraction of sp³-hybridized carbons (Fsp3) is 0.519. The lowest BCUT2D eigenvalue weighted by Crippen LogP contribution is -2.51. The van der Waals surface area contributed by atoms with Crippen LogP contribution in [-0.2, 0) is 19.6 Å². The highest BCUT2D eigenvalue weighted by Crippen LogP contribution is 2.32. The SMILES string of the molecule is COC1(C(=O)NS(=O)(=O)c2cc(F)c(N[C@H](CCN3CC(F)C3)CSc3ccc(F)cc3)c(F)c2)CCCCC1. The number of hydrogen-bond donors (Lipinski definition) is 2. The zero-order chi connectivity index (χ0) is 28.9. The molecule has 220 valence electrons. The standard InChI is InChI=1S/C27H33F4N3O4S2/c1-38-27(10-3-2-4-11-27)26(35)33-40(36,37)22-13-23(30)25(24(31)14-22)32-20(9-12-34-15-19(29)16-34)17-39-21-7-5-18(28)6-8-21/h5-8,13-14,19-20,32H,2-4,9-12,15-17H2,1H3,(H,33,35)/t20-/m1/s1. The summed E-state index contributed by atoms with van der Waals surface area (Å²) in [5.41, 5.74) is -1.82. The van der Waals surface area contributed by atoms with Gasteiger partial charge in [0.1, 0.15) is 23.3 Å². The van der Waals surface area contributed by atoms with Gasteiger partial charge in [0.05, 0.1) is 4.90 Å². The Balaban J connectivity index is 1.48. The molecular formula is C27H33F4N3O4S2. The summed E-state index contributed by atoms with van der Waals surface area (Å²) in [6.45, 7) is 1.08. The van der Waals surface area contributed by atoms with E-state index in [9.17, 15) is 22.0 Å². The van der Waals surface area contributed by atoms with Crippen LogP contribution in [0.4, 0.5) is 23.2 Å². The van der Waals surface area contributed by atoms with Crippen LogP contribution in [0.5, 0.6) is 0 Å². The van der Waals surface area contributed by atoms with Crippen LogP contribution in [0.2, 0.25) is 0 Å². The molecule has 0 unspecified atom stereocenters. The lowest BCUT2D eigenvalue weighted by Gasteiger charge is -2.35. The highest BCUT2D eigenvalue weighted by Gasteiger charge is 2.41. The third-order valence-electron chi connectivity index (χ3n) is 7.34. The number of carbonyl (C=O) groups is 1. The van der Waals surface area contributed by atoms with E-state index in [0.717, 1.165) is 11.3 Å². The highest BCUT2D eigenvalue weighted by atomic mass is 32.2. The average Bonchev–Trinajstić information content (AvgIpc) is 2.91. The first-order valence-electron chi connectivity index (χ1n) is 13.1. The molecule has 1 saturated carbocycles. The summed E-state index contributed by atoms with van der Waals surface area (Å²) in [6, 6.07) is 6.65. The first kappa shape index (κ1) is 30.6. The molecule has 0 spiro atoms. The van der Waals surface area contributed by atoms with Gasteiger partial charge in [-0.1, -0.05) is 19.3 Å². The number of likely N-dealkylation sites (tertiary alicyclic amines) is 1. The summed E-state index contributed by atoms with van der Waals surface area (Å²) in [5, 5.41) is 2.83. The number of nitrogens with one attached hydrogen (secondary N) is 2. The predicted octanol–water partition coefficient (Wildman–Crippen LogP) is 4.87. The molecule has 40 heavy (non-hydrogen) atoms. The van der Waals surface area contributed by atoms with E-state index < -0.39 is 56.0 Å². The van der Waals surface area contributed by atoms with Crippen LogP contribution in [0.15, 0.2) is 46.2 Å². The number of benzene rings is 2. The Hall–Kier alpha value is -2.35. The predicted molar refractivity (Wildman–Crippen MR) is 145 cm³/mol. The number of rotatable bonds is 12. The molecule has 0 aromatic heterocycles. The van der Waals surface area contributed by atoms with Crippen LogP contribution < -0.4 is 10.0 Å². The molecule has 2 aliphatic rings. The number of methoxy groups -OCH3 is 1. The summed E-state index contributed by atoms with van der Waals surface area (Å²) in [7, 11) is -3.25. The van der Waals surface area contributed by atoms with Gasteiger partial charge in [-0.05, 0) is 55.7 Å². The van der Waals surface area contributed by atoms with E-state index in [1.807, 2.05) is 9.62 Å². The van der Waals surface area contributed by atoms with Crippen LogP contribution in [0, 0.1) is 17.5 Å². The Bertz CT molecular complexity index is 1260. The number of thioether (sulfide) groups is 1. The summed E-state index contributed by atoms with van der Waals surface area (Å²) in [6.07, 6.45) is 2.51. The number of amides is 1. The number of ether oxygens (including phenoxy) is 1. The second-order valence-electron chi connectivity index (χ2n) is 10.2. The molecule has 2 aromatic carbocycles. The Labute approximate surface area is 236 Å². The summed E-state index contributed by atoms with van der Waals surface area (Å²) < 4.78 is 89.9. The van der Waals surface area contributed by atoms with Crippen molar-refractivity contribution in [1.82, 2.24) is 9.62 Å². The minimum Gasteiger partial charge on any atom is -0.377 e. The molecule has 13 heteroatoms. The number of anilines is 1. The van der Waals surface area contributed by atoms with Gasteiger partial charge in [0, 0.05) is 43.4 Å². The van der Waals surface area contributed by atoms with Crippen molar-refractivity contribution in [3.63, 3.8) is 0 Å². The fourth-order valence-electron chi connectivity index (χ4n) is 4.92. The Kier molecular flexibility index (Phi) is 10.0. The summed E-state index contributed by atoms with van der Waals surface area (Å²) in [4.78, 5) is 14.8. The molecule has 1 aliphatic heterocycles. The normalized spacial score (nSPS) is 18.6. The van der Waals surface area contributed by atoms with Crippen molar-refractivity contribution in [3.05, 3.63) is 53.8 Å². The van der Waals surface area contributed by atoms with Crippen LogP contribution in [-0.4, -0.2) is 69.5 Å². The number of halogens is 4. The number of carbonyl (C=O) groups excluding carboxylic acids is 1. The summed E-state index contributed by atoms with van der Waals surface area (Å²) in [5.74, 6) is -3.18. The van der Waals surface area contributed by atoms with Crippen LogP contribution in [0.3, 0.4) is 0 Å². The maximum Gasteiger partial charge on any atom is 0.265 e. The van der Waals surface area contributed by atoms with Crippen LogP contribution in [0.1, 0.15) is 38.5 Å². The first-order chi connectivity index (χ1) is 19.0. The fourth-order valence-corrected chi connectivity index (χ4v) is 6.96. The van der Waals surface area contributed by atoms with Gasteiger partial charge < -0.3 is 10.1 Å². The van der Waals surface area contributed by atoms with Crippen LogP contribution in [0.25, 0.3) is 0 Å². The molecule has 2 N–H and O–H groups in total. The lowest BCUT2D eigenvalue weighted by atomic mass is 9.84. The Morgan fingerprint density at radius 1 is 1.10 bits per heavy atom. The maximum atomic E-state index is 15.2. The van der Waals surface area contributed by atoms with E-state index in [2.05, 4.69) is 5.32 Å². The Morgan fingerprint density at radius 2 is 1.73 bits per heavy atom. The topological polar surface area (TPSA) is 87.7 Å². The maximum absolute atomic E-state index is 15.2. The van der Waals surface area contributed by atoms with Crippen molar-refractivity contribution in [3.8, 4) is 0 Å². The number of nitrogens with zero attached hydrogens (tertiary/aromatic N) is 1. The van der Waals surface area contributed by atoms with Gasteiger partial charge in [-0.3, -0.25) is 9.69 Å². The van der Waals surface area contributed by atoms with Crippen molar-refractivity contribution < 1.29 is 35.5 Å². The van der Waals surface area contributed by atoms with Gasteiger partial charge in [-0.15, -0.1) is 11.8 Å². The van der Waals surface area contributed by atoms with Gasteiger partial charge >= 0.3 is 0 Å². The molecule has 1 aliphatic carbocycles. The van der Waals surface area contributed by atoms with E-state index in [4.69, 9.17) is 4.74 Å². The molecule has 2 aromatic rings. The molecule has 0 radical (unpaired) electrons. The molecular weight excluding hydrogens is 570 g/mol. The molecule has 1 saturated heterocycles. The second kappa shape index (κ2) is 13.1. The van der Waals surface area contributed by atoms with Gasteiger partial charge in [0.25, 0.3) is 15.9 Å². The third kappa shape index (κ3) is 7.48. The minimum absolute atomic E-state index is 0.295. The smallest absolute Gasteiger partial charge is 0.265 e. The molecule has 7 nitrogen and oxygen atoms in total. The minimum atomic E-state index is -4.58. The van der Waals surface area contributed by atoms with Gasteiger partial charge in [-0.25, -0.2) is 30.7 Å². The zero-order valence-corrected chi connectivity index (χ0v) is 23.7. The quantitative estimate of drug-likeness (QED) is 0.264. The van der Waals surface area contributed by atoms with Crippen molar-refractivity contribution >= 4 is 33.4 Å². The summed E-state index contributed by atoms with van der Waals surface area (Å²) >= 11 is 1.35. The third-order valence-corrected chi connectivity index (χ3v) is 9.82. The van der Waals surface area contributed by atoms with Crippen molar-refractivity contribution in [2.45, 2.75) is 66.1 Å². The molecule has 2 fully saturated rings. The van der Waals surface area contributed by atoms with Gasteiger partial charge in [0.15, 0.2) is 11.6 Å². The molecule has 1 amide bonds. The molecule has 1 heterocycles. The molecule has 4 rings (SSSR count). The number of alkyl halides is 1. The molecule has 0 bridgehead atoms. The first-order valence-corrected chi connectivity index (χ1v) is 15.6. The lowest BCUT2D eigenvalue weighted by molar-refractivity contribution is -0.145. The van der Waals surface area contributed by atoms with Crippen molar-refractivity contribution in [2.75, 3.05) is 37.8 Å². The van der Waals surface area contributed by atoms with E-state index >= 15 is 8.78 Å². The van der Waals surface area contributed by atoms with Crippen molar-refractivity contribution in [1.29, 1.82) is 0 Å². The molecule has 1 atom stereocenters. The van der Waals surface area contributed by atoms with Crippen molar-refractivity contribution in [2.24, 2.45) is 0 Å². The van der Waals surface area contributed by atoms with Crippen LogP contribution >= 0.6 is 11.8 Å². The van der Waals surface area contributed by atoms with Gasteiger partial charge in [-0.2, -0.15) is 0 Å². The second-order valence-corrected chi connectivity index (χ2v) is 13.0.